The lowest BCUT2D eigenvalue weighted by Gasteiger charge is -2.38. The SMILES string of the molecule is Cc1nc(N)c(C)c(N2CC(C)CCC2C)n1. The summed E-state index contributed by atoms with van der Waals surface area (Å²) in [7, 11) is 0. The van der Waals surface area contributed by atoms with Gasteiger partial charge in [0.15, 0.2) is 0 Å². The lowest BCUT2D eigenvalue weighted by Crippen LogP contribution is -2.42. The van der Waals surface area contributed by atoms with Gasteiger partial charge in [0.05, 0.1) is 0 Å². The van der Waals surface area contributed by atoms with Gasteiger partial charge in [0.25, 0.3) is 0 Å². The molecule has 4 nitrogen and oxygen atoms in total. The van der Waals surface area contributed by atoms with Gasteiger partial charge in [-0.15, -0.1) is 0 Å². The van der Waals surface area contributed by atoms with Crippen molar-refractivity contribution in [2.24, 2.45) is 5.92 Å². The Labute approximate surface area is 103 Å². The van der Waals surface area contributed by atoms with Crippen molar-refractivity contribution in [3.8, 4) is 0 Å². The molecule has 1 aromatic rings. The first-order valence-electron chi connectivity index (χ1n) is 6.36. The van der Waals surface area contributed by atoms with Crippen LogP contribution in [-0.2, 0) is 0 Å². The van der Waals surface area contributed by atoms with Gasteiger partial charge in [0, 0.05) is 18.2 Å². The molecule has 2 N–H and O–H groups in total. The summed E-state index contributed by atoms with van der Waals surface area (Å²) < 4.78 is 0. The molecule has 0 aromatic carbocycles. The second-order valence-corrected chi connectivity index (χ2v) is 5.29. The Balaban J connectivity index is 2.38. The van der Waals surface area contributed by atoms with Gasteiger partial charge in [-0.25, -0.2) is 9.97 Å². The number of nitrogens with zero attached hydrogens (tertiary/aromatic N) is 3. The van der Waals surface area contributed by atoms with E-state index in [1.807, 2.05) is 13.8 Å². The van der Waals surface area contributed by atoms with E-state index in [-0.39, 0.29) is 0 Å². The van der Waals surface area contributed by atoms with Crippen LogP contribution in [-0.4, -0.2) is 22.6 Å². The summed E-state index contributed by atoms with van der Waals surface area (Å²) in [5.74, 6) is 3.11. The summed E-state index contributed by atoms with van der Waals surface area (Å²) in [6.45, 7) is 9.54. The van der Waals surface area contributed by atoms with Crippen molar-refractivity contribution in [1.82, 2.24) is 9.97 Å². The highest BCUT2D eigenvalue weighted by Gasteiger charge is 2.26. The van der Waals surface area contributed by atoms with E-state index in [1.54, 1.807) is 0 Å². The minimum Gasteiger partial charge on any atom is -0.383 e. The van der Waals surface area contributed by atoms with Crippen LogP contribution in [0.4, 0.5) is 11.6 Å². The van der Waals surface area contributed by atoms with Crippen molar-refractivity contribution in [2.75, 3.05) is 17.2 Å². The number of anilines is 2. The third kappa shape index (κ3) is 2.35. The minimum absolute atomic E-state index is 0.540. The zero-order valence-electron chi connectivity index (χ0n) is 11.2. The summed E-state index contributed by atoms with van der Waals surface area (Å²) in [6, 6.07) is 0.540. The maximum absolute atomic E-state index is 5.93. The normalized spacial score (nSPS) is 25.1. The summed E-state index contributed by atoms with van der Waals surface area (Å²) in [5.41, 5.74) is 6.94. The first-order chi connectivity index (χ1) is 7.99. The molecule has 1 aromatic heterocycles. The Morgan fingerprint density at radius 1 is 1.18 bits per heavy atom. The molecule has 0 amide bonds. The molecule has 0 saturated carbocycles. The Kier molecular flexibility index (Phi) is 3.22. The lowest BCUT2D eigenvalue weighted by atomic mass is 9.95. The molecule has 4 heteroatoms. The van der Waals surface area contributed by atoms with Gasteiger partial charge < -0.3 is 10.6 Å². The fourth-order valence-electron chi connectivity index (χ4n) is 2.50. The number of rotatable bonds is 1. The van der Waals surface area contributed by atoms with Crippen molar-refractivity contribution >= 4 is 11.6 Å². The van der Waals surface area contributed by atoms with Gasteiger partial charge in [-0.05, 0) is 39.5 Å². The van der Waals surface area contributed by atoms with E-state index >= 15 is 0 Å². The van der Waals surface area contributed by atoms with Gasteiger partial charge >= 0.3 is 0 Å². The van der Waals surface area contributed by atoms with Gasteiger partial charge in [-0.3, -0.25) is 0 Å². The van der Waals surface area contributed by atoms with Crippen LogP contribution in [0.3, 0.4) is 0 Å². The highest BCUT2D eigenvalue weighted by Crippen LogP contribution is 2.29. The van der Waals surface area contributed by atoms with Crippen molar-refractivity contribution in [2.45, 2.75) is 46.6 Å². The van der Waals surface area contributed by atoms with Crippen molar-refractivity contribution in [3.05, 3.63) is 11.4 Å². The largest absolute Gasteiger partial charge is 0.383 e. The van der Waals surface area contributed by atoms with E-state index < -0.39 is 0 Å². The number of piperidine rings is 1. The molecule has 2 rings (SSSR count). The number of hydrogen-bond donors (Lipinski definition) is 1. The number of aromatic nitrogens is 2. The summed E-state index contributed by atoms with van der Waals surface area (Å²) in [5, 5.41) is 0. The van der Waals surface area contributed by atoms with Crippen molar-refractivity contribution in [3.63, 3.8) is 0 Å². The molecule has 94 valence electrons. The summed E-state index contributed by atoms with van der Waals surface area (Å²) >= 11 is 0. The number of nitrogens with two attached hydrogens (primary N) is 1. The monoisotopic (exact) mass is 234 g/mol. The second-order valence-electron chi connectivity index (χ2n) is 5.29. The molecule has 2 atom stereocenters. The average Bonchev–Trinajstić information content (AvgIpc) is 2.27. The average molecular weight is 234 g/mol. The van der Waals surface area contributed by atoms with Crippen LogP contribution < -0.4 is 10.6 Å². The van der Waals surface area contributed by atoms with Crippen LogP contribution >= 0.6 is 0 Å². The van der Waals surface area contributed by atoms with Crippen molar-refractivity contribution in [1.29, 1.82) is 0 Å². The Bertz CT molecular complexity index is 416. The Morgan fingerprint density at radius 3 is 2.59 bits per heavy atom. The highest BCUT2D eigenvalue weighted by molar-refractivity contribution is 5.57. The molecule has 1 aliphatic heterocycles. The molecule has 2 unspecified atom stereocenters. The van der Waals surface area contributed by atoms with E-state index in [9.17, 15) is 0 Å². The topological polar surface area (TPSA) is 55.0 Å². The first kappa shape index (κ1) is 12.1. The molecule has 0 bridgehead atoms. The third-order valence-corrected chi connectivity index (χ3v) is 3.66. The minimum atomic E-state index is 0.540. The maximum atomic E-state index is 5.93. The van der Waals surface area contributed by atoms with Gasteiger partial charge in [0.1, 0.15) is 17.5 Å². The smallest absolute Gasteiger partial charge is 0.137 e. The van der Waals surface area contributed by atoms with E-state index in [0.29, 0.717) is 11.9 Å². The van der Waals surface area contributed by atoms with E-state index in [0.717, 1.165) is 29.7 Å². The zero-order valence-corrected chi connectivity index (χ0v) is 11.2. The number of aryl methyl sites for hydroxylation is 1. The van der Waals surface area contributed by atoms with Gasteiger partial charge in [-0.1, -0.05) is 6.92 Å². The quantitative estimate of drug-likeness (QED) is 0.810. The van der Waals surface area contributed by atoms with Gasteiger partial charge in [-0.2, -0.15) is 0 Å². The lowest BCUT2D eigenvalue weighted by molar-refractivity contribution is 0.387. The molecule has 0 aliphatic carbocycles. The van der Waals surface area contributed by atoms with Crippen LogP contribution in [0, 0.1) is 19.8 Å². The Hall–Kier alpha value is -1.32. The molecular formula is C13H22N4. The summed E-state index contributed by atoms with van der Waals surface area (Å²) in [4.78, 5) is 11.2. The van der Waals surface area contributed by atoms with Gasteiger partial charge in [0.2, 0.25) is 0 Å². The van der Waals surface area contributed by atoms with E-state index in [2.05, 4.69) is 28.7 Å². The third-order valence-electron chi connectivity index (χ3n) is 3.66. The van der Waals surface area contributed by atoms with Crippen LogP contribution in [0.15, 0.2) is 0 Å². The van der Waals surface area contributed by atoms with E-state index in [4.69, 9.17) is 5.73 Å². The van der Waals surface area contributed by atoms with Crippen molar-refractivity contribution < 1.29 is 0 Å². The molecular weight excluding hydrogens is 212 g/mol. The van der Waals surface area contributed by atoms with E-state index in [1.165, 1.54) is 12.8 Å². The van der Waals surface area contributed by atoms with Crippen LogP contribution in [0.25, 0.3) is 0 Å². The fraction of sp³-hybridized carbons (Fsp3) is 0.692. The second kappa shape index (κ2) is 4.51. The fourth-order valence-corrected chi connectivity index (χ4v) is 2.50. The first-order valence-corrected chi connectivity index (χ1v) is 6.36. The number of nitrogen functional groups attached to an aromatic ring is 1. The van der Waals surface area contributed by atoms with Crippen LogP contribution in [0.1, 0.15) is 38.1 Å². The predicted molar refractivity (Wildman–Crippen MR) is 71.1 cm³/mol. The van der Waals surface area contributed by atoms with Crippen LogP contribution in [0.2, 0.25) is 0 Å². The zero-order chi connectivity index (χ0) is 12.6. The molecule has 17 heavy (non-hydrogen) atoms. The molecule has 0 radical (unpaired) electrons. The molecule has 1 saturated heterocycles. The maximum Gasteiger partial charge on any atom is 0.137 e. The number of hydrogen-bond acceptors (Lipinski definition) is 4. The molecule has 2 heterocycles. The predicted octanol–water partition coefficient (Wildman–Crippen LogP) is 2.30. The van der Waals surface area contributed by atoms with Crippen LogP contribution in [0.5, 0.6) is 0 Å². The molecule has 1 fully saturated rings. The Morgan fingerprint density at radius 2 is 1.88 bits per heavy atom. The standard InChI is InChI=1S/C13H22N4/c1-8-5-6-9(2)17(7-8)13-10(3)12(14)15-11(4)16-13/h8-9H,5-7H2,1-4H3,(H2,14,15,16). The summed E-state index contributed by atoms with van der Waals surface area (Å²) in [6.07, 6.45) is 2.53. The molecule has 0 spiro atoms. The highest BCUT2D eigenvalue weighted by atomic mass is 15.2. The molecule has 1 aliphatic rings.